The van der Waals surface area contributed by atoms with Gasteiger partial charge in [0.15, 0.2) is 0 Å². The highest BCUT2D eigenvalue weighted by molar-refractivity contribution is 5.17. The van der Waals surface area contributed by atoms with Crippen LogP contribution in [0.25, 0.3) is 0 Å². The van der Waals surface area contributed by atoms with Crippen LogP contribution in [-0.2, 0) is 13.6 Å². The van der Waals surface area contributed by atoms with E-state index >= 15 is 0 Å². The quantitative estimate of drug-likeness (QED) is 0.724. The molecule has 2 heterocycles. The lowest BCUT2D eigenvalue weighted by atomic mass is 10.5. The van der Waals surface area contributed by atoms with Crippen LogP contribution in [0.1, 0.15) is 11.6 Å². The molecule has 74 valence electrons. The molecule has 0 saturated carbocycles. The summed E-state index contributed by atoms with van der Waals surface area (Å²) in [5.41, 5.74) is 5.64. The van der Waals surface area contributed by atoms with Crippen LogP contribution in [0.5, 0.6) is 0 Å². The molecule has 0 aromatic carbocycles. The number of hydrogen-bond acceptors (Lipinski definition) is 4. The third-order valence-electron chi connectivity index (χ3n) is 2.02. The predicted molar refractivity (Wildman–Crippen MR) is 51.5 cm³/mol. The zero-order valence-corrected chi connectivity index (χ0v) is 8.18. The first-order valence-corrected chi connectivity index (χ1v) is 4.30. The molecule has 0 aliphatic carbocycles. The smallest absolute Gasteiger partial charge is 0.200 e. The number of rotatable bonds is 2. The number of nitrogens with zero attached hydrogens (tertiary/aromatic N) is 5. The Balaban J connectivity index is 2.27. The van der Waals surface area contributed by atoms with Gasteiger partial charge >= 0.3 is 0 Å². The molecule has 6 nitrogen and oxygen atoms in total. The highest BCUT2D eigenvalue weighted by atomic mass is 15.3. The normalized spacial score (nSPS) is 10.7. The van der Waals surface area contributed by atoms with Crippen molar-refractivity contribution in [3.63, 3.8) is 0 Å². The lowest BCUT2D eigenvalue weighted by Gasteiger charge is -2.02. The zero-order valence-electron chi connectivity index (χ0n) is 8.18. The first-order valence-electron chi connectivity index (χ1n) is 4.30. The molecular weight excluding hydrogens is 180 g/mol. The molecule has 0 aliphatic heterocycles. The number of aryl methyl sites for hydroxylation is 2. The van der Waals surface area contributed by atoms with E-state index in [1.165, 1.54) is 0 Å². The fourth-order valence-corrected chi connectivity index (χ4v) is 1.32. The molecular formula is C8H12N6. The number of aromatic nitrogens is 5. The molecule has 2 rings (SSSR count). The maximum atomic E-state index is 5.64. The van der Waals surface area contributed by atoms with E-state index in [0.29, 0.717) is 12.5 Å². The average Bonchev–Trinajstić information content (AvgIpc) is 2.62. The third kappa shape index (κ3) is 1.46. The molecule has 2 N–H and O–H groups in total. The fourth-order valence-electron chi connectivity index (χ4n) is 1.32. The van der Waals surface area contributed by atoms with E-state index in [4.69, 9.17) is 5.73 Å². The second kappa shape index (κ2) is 3.13. The van der Waals surface area contributed by atoms with Crippen molar-refractivity contribution in [1.82, 2.24) is 24.3 Å². The lowest BCUT2D eigenvalue weighted by Crippen LogP contribution is -2.08. The van der Waals surface area contributed by atoms with Crippen molar-refractivity contribution in [2.24, 2.45) is 7.05 Å². The summed E-state index contributed by atoms with van der Waals surface area (Å²) < 4.78 is 3.57. The van der Waals surface area contributed by atoms with Crippen LogP contribution in [-0.4, -0.2) is 24.3 Å². The number of imidazole rings is 1. The number of nitrogens with two attached hydrogens (primary N) is 1. The summed E-state index contributed by atoms with van der Waals surface area (Å²) in [7, 11) is 1.86. The Kier molecular flexibility index (Phi) is 1.95. The van der Waals surface area contributed by atoms with E-state index in [-0.39, 0.29) is 0 Å². The Labute approximate surface area is 81.4 Å². The largest absolute Gasteiger partial charge is 0.369 e. The molecule has 0 saturated heterocycles. The van der Waals surface area contributed by atoms with E-state index in [2.05, 4.69) is 15.1 Å². The number of nitrogen functional groups attached to an aromatic ring is 1. The van der Waals surface area contributed by atoms with Gasteiger partial charge in [-0.3, -0.25) is 4.68 Å². The van der Waals surface area contributed by atoms with Crippen LogP contribution in [0.15, 0.2) is 12.4 Å². The van der Waals surface area contributed by atoms with Crippen molar-refractivity contribution >= 4 is 5.95 Å². The third-order valence-corrected chi connectivity index (χ3v) is 2.02. The Bertz CT molecular complexity index is 440. The minimum atomic E-state index is 0.491. The standard InChI is InChI=1S/C8H12N6/c1-6-11-7(13(2)12-6)5-14-4-3-10-8(14)9/h3-4H,5H2,1-2H3,(H2,9,10). The molecule has 0 unspecified atom stereocenters. The van der Waals surface area contributed by atoms with Crippen LogP contribution in [0.2, 0.25) is 0 Å². The summed E-state index contributed by atoms with van der Waals surface area (Å²) >= 11 is 0. The Morgan fingerprint density at radius 2 is 2.29 bits per heavy atom. The van der Waals surface area contributed by atoms with Gasteiger partial charge in [0.1, 0.15) is 11.6 Å². The molecule has 0 aliphatic rings. The summed E-state index contributed by atoms with van der Waals surface area (Å²) in [6.07, 6.45) is 3.48. The van der Waals surface area contributed by atoms with Gasteiger partial charge in [-0.1, -0.05) is 0 Å². The van der Waals surface area contributed by atoms with E-state index in [1.54, 1.807) is 10.9 Å². The van der Waals surface area contributed by atoms with Crippen molar-refractivity contribution < 1.29 is 0 Å². The highest BCUT2D eigenvalue weighted by Gasteiger charge is 2.05. The molecule has 2 aromatic heterocycles. The van der Waals surface area contributed by atoms with Crippen LogP contribution in [0.3, 0.4) is 0 Å². The van der Waals surface area contributed by atoms with Gasteiger partial charge in [0.05, 0.1) is 6.54 Å². The summed E-state index contributed by atoms with van der Waals surface area (Å²) in [6.45, 7) is 2.46. The molecule has 0 spiro atoms. The summed E-state index contributed by atoms with van der Waals surface area (Å²) in [6, 6.07) is 0. The van der Waals surface area contributed by atoms with E-state index < -0.39 is 0 Å². The minimum Gasteiger partial charge on any atom is -0.369 e. The van der Waals surface area contributed by atoms with Crippen molar-refractivity contribution in [3.05, 3.63) is 24.0 Å². The summed E-state index contributed by atoms with van der Waals surface area (Å²) in [5, 5.41) is 4.15. The molecule has 0 radical (unpaired) electrons. The first kappa shape index (κ1) is 8.74. The van der Waals surface area contributed by atoms with Crippen molar-refractivity contribution in [1.29, 1.82) is 0 Å². The van der Waals surface area contributed by atoms with Gasteiger partial charge in [-0.25, -0.2) is 9.97 Å². The van der Waals surface area contributed by atoms with Crippen molar-refractivity contribution in [2.75, 3.05) is 5.73 Å². The first-order chi connectivity index (χ1) is 6.66. The summed E-state index contributed by atoms with van der Waals surface area (Å²) in [5.74, 6) is 2.12. The van der Waals surface area contributed by atoms with Gasteiger partial charge in [0, 0.05) is 19.4 Å². The average molecular weight is 192 g/mol. The van der Waals surface area contributed by atoms with Crippen LogP contribution >= 0.6 is 0 Å². The van der Waals surface area contributed by atoms with Gasteiger partial charge in [-0.15, -0.1) is 0 Å². The Hall–Kier alpha value is -1.85. The van der Waals surface area contributed by atoms with Crippen molar-refractivity contribution in [3.8, 4) is 0 Å². The Morgan fingerprint density at radius 1 is 1.50 bits per heavy atom. The van der Waals surface area contributed by atoms with Crippen molar-refractivity contribution in [2.45, 2.75) is 13.5 Å². The van der Waals surface area contributed by atoms with Crippen LogP contribution in [0.4, 0.5) is 5.95 Å². The van der Waals surface area contributed by atoms with Gasteiger partial charge in [0.2, 0.25) is 5.95 Å². The Morgan fingerprint density at radius 3 is 2.79 bits per heavy atom. The number of anilines is 1. The second-order valence-corrected chi connectivity index (χ2v) is 3.11. The molecule has 14 heavy (non-hydrogen) atoms. The summed E-state index contributed by atoms with van der Waals surface area (Å²) in [4.78, 5) is 8.21. The van der Waals surface area contributed by atoms with Gasteiger partial charge in [0.25, 0.3) is 0 Å². The zero-order chi connectivity index (χ0) is 10.1. The van der Waals surface area contributed by atoms with Gasteiger partial charge in [-0.05, 0) is 6.92 Å². The second-order valence-electron chi connectivity index (χ2n) is 3.11. The molecule has 2 aromatic rings. The number of hydrogen-bond donors (Lipinski definition) is 1. The van der Waals surface area contributed by atoms with E-state index in [0.717, 1.165) is 11.6 Å². The molecule has 0 bridgehead atoms. The molecule has 0 amide bonds. The van der Waals surface area contributed by atoms with Gasteiger partial charge < -0.3 is 10.3 Å². The predicted octanol–water partition coefficient (Wildman–Crippen LogP) is -0.0495. The molecule has 0 atom stereocenters. The van der Waals surface area contributed by atoms with Crippen LogP contribution in [0, 0.1) is 6.92 Å². The van der Waals surface area contributed by atoms with E-state index in [9.17, 15) is 0 Å². The maximum Gasteiger partial charge on any atom is 0.200 e. The van der Waals surface area contributed by atoms with Crippen LogP contribution < -0.4 is 5.73 Å². The van der Waals surface area contributed by atoms with Gasteiger partial charge in [-0.2, -0.15) is 5.10 Å². The monoisotopic (exact) mass is 192 g/mol. The molecule has 6 heteroatoms. The fraction of sp³-hybridized carbons (Fsp3) is 0.375. The van der Waals surface area contributed by atoms with E-state index in [1.807, 2.05) is 24.7 Å². The minimum absolute atomic E-state index is 0.491. The highest BCUT2D eigenvalue weighted by Crippen LogP contribution is 2.03. The lowest BCUT2D eigenvalue weighted by molar-refractivity contribution is 0.656. The maximum absolute atomic E-state index is 5.64. The topological polar surface area (TPSA) is 74.6 Å². The SMILES string of the molecule is Cc1nc(Cn2ccnc2N)n(C)n1. The molecule has 0 fully saturated rings.